The Bertz CT molecular complexity index is 439. The normalized spacial score (nSPS) is 17.0. The first-order valence-corrected chi connectivity index (χ1v) is 7.99. The van der Waals surface area contributed by atoms with Gasteiger partial charge >= 0.3 is 0 Å². The van der Waals surface area contributed by atoms with Gasteiger partial charge in [-0.25, -0.2) is 0 Å². The van der Waals surface area contributed by atoms with E-state index in [9.17, 15) is 4.79 Å². The fraction of sp³-hybridized carbons (Fsp3) is 0.588. The number of ether oxygens (including phenoxy) is 1. The summed E-state index contributed by atoms with van der Waals surface area (Å²) in [6, 6.07) is 7.83. The van der Waals surface area contributed by atoms with E-state index in [2.05, 4.69) is 10.6 Å². The van der Waals surface area contributed by atoms with E-state index < -0.39 is 0 Å². The van der Waals surface area contributed by atoms with E-state index >= 15 is 0 Å². The molecule has 1 aliphatic carbocycles. The van der Waals surface area contributed by atoms with Crippen molar-refractivity contribution in [3.05, 3.63) is 24.3 Å². The van der Waals surface area contributed by atoms with Gasteiger partial charge in [0.25, 0.3) is 0 Å². The number of anilines is 1. The van der Waals surface area contributed by atoms with Crippen LogP contribution in [0.3, 0.4) is 0 Å². The van der Waals surface area contributed by atoms with Crippen molar-refractivity contribution in [1.82, 2.24) is 5.32 Å². The second kappa shape index (κ2) is 7.91. The molecule has 21 heavy (non-hydrogen) atoms. The molecule has 1 fully saturated rings. The summed E-state index contributed by atoms with van der Waals surface area (Å²) in [7, 11) is 0. The lowest BCUT2D eigenvalue weighted by molar-refractivity contribution is -0.122. The van der Waals surface area contributed by atoms with Crippen LogP contribution < -0.4 is 15.4 Å². The molecule has 1 saturated carbocycles. The molecule has 2 rings (SSSR count). The maximum atomic E-state index is 12.2. The molecule has 2 N–H and O–H groups in total. The second-order valence-corrected chi connectivity index (χ2v) is 5.67. The average Bonchev–Trinajstić information content (AvgIpc) is 2.50. The maximum Gasteiger partial charge on any atom is 0.242 e. The Morgan fingerprint density at radius 3 is 2.52 bits per heavy atom. The number of amides is 1. The molecule has 116 valence electrons. The van der Waals surface area contributed by atoms with Crippen molar-refractivity contribution in [1.29, 1.82) is 0 Å². The highest BCUT2D eigenvalue weighted by molar-refractivity contribution is 5.84. The quantitative estimate of drug-likeness (QED) is 0.845. The highest BCUT2D eigenvalue weighted by Gasteiger charge is 2.19. The molecular formula is C17H26N2O2. The maximum absolute atomic E-state index is 12.2. The lowest BCUT2D eigenvalue weighted by Crippen LogP contribution is -2.43. The Labute approximate surface area is 127 Å². The van der Waals surface area contributed by atoms with E-state index in [4.69, 9.17) is 4.74 Å². The summed E-state index contributed by atoms with van der Waals surface area (Å²) in [5, 5.41) is 6.38. The van der Waals surface area contributed by atoms with Crippen molar-refractivity contribution in [2.45, 2.75) is 58.0 Å². The van der Waals surface area contributed by atoms with Gasteiger partial charge in [0.05, 0.1) is 6.61 Å². The Kier molecular flexibility index (Phi) is 5.90. The SMILES string of the molecule is CCOc1ccc(N[C@H](C)C(=O)NC2CCCCC2)cc1. The lowest BCUT2D eigenvalue weighted by atomic mass is 9.95. The minimum absolute atomic E-state index is 0.0794. The third-order valence-corrected chi connectivity index (χ3v) is 3.89. The number of hydrogen-bond donors (Lipinski definition) is 2. The molecule has 0 radical (unpaired) electrons. The highest BCUT2D eigenvalue weighted by atomic mass is 16.5. The summed E-state index contributed by atoms with van der Waals surface area (Å²) in [5.41, 5.74) is 0.935. The van der Waals surface area contributed by atoms with Crippen molar-refractivity contribution >= 4 is 11.6 Å². The summed E-state index contributed by atoms with van der Waals surface area (Å²) in [4.78, 5) is 12.2. The zero-order valence-corrected chi connectivity index (χ0v) is 13.0. The van der Waals surface area contributed by atoms with E-state index in [0.29, 0.717) is 12.6 Å². The smallest absolute Gasteiger partial charge is 0.242 e. The molecule has 1 aromatic carbocycles. The van der Waals surface area contributed by atoms with Gasteiger partial charge < -0.3 is 15.4 Å². The summed E-state index contributed by atoms with van der Waals surface area (Å²) >= 11 is 0. The van der Waals surface area contributed by atoms with Crippen molar-refractivity contribution in [3.63, 3.8) is 0 Å². The van der Waals surface area contributed by atoms with Crippen LogP contribution in [-0.4, -0.2) is 24.6 Å². The first-order chi connectivity index (χ1) is 10.2. The van der Waals surface area contributed by atoms with Gasteiger partial charge in [0.2, 0.25) is 5.91 Å². The number of nitrogens with one attached hydrogen (secondary N) is 2. The van der Waals surface area contributed by atoms with Crippen LogP contribution in [0.4, 0.5) is 5.69 Å². The molecule has 0 spiro atoms. The number of benzene rings is 1. The van der Waals surface area contributed by atoms with Gasteiger partial charge in [-0.3, -0.25) is 4.79 Å². The zero-order valence-electron chi connectivity index (χ0n) is 13.0. The van der Waals surface area contributed by atoms with Gasteiger partial charge in [0, 0.05) is 11.7 Å². The van der Waals surface area contributed by atoms with Crippen LogP contribution in [0, 0.1) is 0 Å². The zero-order chi connectivity index (χ0) is 15.1. The average molecular weight is 290 g/mol. The number of carbonyl (C=O) groups is 1. The third-order valence-electron chi connectivity index (χ3n) is 3.89. The van der Waals surface area contributed by atoms with E-state index in [1.165, 1.54) is 19.3 Å². The van der Waals surface area contributed by atoms with Crippen molar-refractivity contribution in [2.75, 3.05) is 11.9 Å². The summed E-state index contributed by atoms with van der Waals surface area (Å²) in [6.45, 7) is 4.52. The third kappa shape index (κ3) is 4.96. The number of rotatable bonds is 6. The van der Waals surface area contributed by atoms with Crippen molar-refractivity contribution < 1.29 is 9.53 Å². The lowest BCUT2D eigenvalue weighted by Gasteiger charge is -2.25. The Morgan fingerprint density at radius 1 is 1.24 bits per heavy atom. The van der Waals surface area contributed by atoms with Crippen molar-refractivity contribution in [2.24, 2.45) is 0 Å². The fourth-order valence-electron chi connectivity index (χ4n) is 2.70. The van der Waals surface area contributed by atoms with Crippen LogP contribution in [0.5, 0.6) is 5.75 Å². The molecule has 0 heterocycles. The van der Waals surface area contributed by atoms with Crippen molar-refractivity contribution in [3.8, 4) is 5.75 Å². The van der Waals surface area contributed by atoms with Gasteiger partial charge in [-0.1, -0.05) is 19.3 Å². The first-order valence-electron chi connectivity index (χ1n) is 7.99. The molecule has 0 aromatic heterocycles. The number of hydrogen-bond acceptors (Lipinski definition) is 3. The molecule has 0 bridgehead atoms. The monoisotopic (exact) mass is 290 g/mol. The van der Waals surface area contributed by atoms with E-state index in [1.54, 1.807) is 0 Å². The molecule has 1 aliphatic rings. The fourth-order valence-corrected chi connectivity index (χ4v) is 2.70. The second-order valence-electron chi connectivity index (χ2n) is 5.67. The molecule has 0 saturated heterocycles. The van der Waals surface area contributed by atoms with Gasteiger partial charge in [-0.15, -0.1) is 0 Å². The molecule has 0 unspecified atom stereocenters. The van der Waals surface area contributed by atoms with E-state index in [0.717, 1.165) is 24.3 Å². The Hall–Kier alpha value is -1.71. The topological polar surface area (TPSA) is 50.4 Å². The molecule has 0 aliphatic heterocycles. The molecule has 4 heteroatoms. The van der Waals surface area contributed by atoms with Gasteiger partial charge in [0.15, 0.2) is 0 Å². The predicted octanol–water partition coefficient (Wildman–Crippen LogP) is 3.33. The van der Waals surface area contributed by atoms with E-state index in [1.807, 2.05) is 38.1 Å². The Balaban J connectivity index is 1.81. The van der Waals surface area contributed by atoms with Gasteiger partial charge in [-0.2, -0.15) is 0 Å². The Morgan fingerprint density at radius 2 is 1.90 bits per heavy atom. The highest BCUT2D eigenvalue weighted by Crippen LogP contribution is 2.18. The minimum atomic E-state index is -0.232. The van der Waals surface area contributed by atoms with Crippen LogP contribution in [0.15, 0.2) is 24.3 Å². The molecule has 1 aromatic rings. The predicted molar refractivity (Wildman–Crippen MR) is 85.7 cm³/mol. The van der Waals surface area contributed by atoms with Gasteiger partial charge in [-0.05, 0) is 51.0 Å². The molecule has 1 atom stereocenters. The van der Waals surface area contributed by atoms with Crippen LogP contribution in [-0.2, 0) is 4.79 Å². The summed E-state index contributed by atoms with van der Waals surface area (Å²) in [5.74, 6) is 0.929. The van der Waals surface area contributed by atoms with Crippen LogP contribution >= 0.6 is 0 Å². The van der Waals surface area contributed by atoms with E-state index in [-0.39, 0.29) is 11.9 Å². The largest absolute Gasteiger partial charge is 0.494 e. The first kappa shape index (κ1) is 15.7. The minimum Gasteiger partial charge on any atom is -0.494 e. The molecular weight excluding hydrogens is 264 g/mol. The number of carbonyl (C=O) groups excluding carboxylic acids is 1. The van der Waals surface area contributed by atoms with Crippen LogP contribution in [0.1, 0.15) is 46.0 Å². The standard InChI is InChI=1S/C17H26N2O2/c1-3-21-16-11-9-15(10-12-16)18-13(2)17(20)19-14-7-5-4-6-8-14/h9-14,18H,3-8H2,1-2H3,(H,19,20)/t13-/m1/s1. The van der Waals surface area contributed by atoms with Crippen LogP contribution in [0.25, 0.3) is 0 Å². The van der Waals surface area contributed by atoms with Gasteiger partial charge in [0.1, 0.15) is 11.8 Å². The summed E-state index contributed by atoms with van der Waals surface area (Å²) in [6.07, 6.45) is 5.98. The molecule has 1 amide bonds. The molecule has 4 nitrogen and oxygen atoms in total. The summed E-state index contributed by atoms with van der Waals surface area (Å²) < 4.78 is 5.41. The van der Waals surface area contributed by atoms with Crippen LogP contribution in [0.2, 0.25) is 0 Å².